The van der Waals surface area contributed by atoms with E-state index in [-0.39, 0.29) is 5.82 Å². The third-order valence-corrected chi connectivity index (χ3v) is 2.26. The van der Waals surface area contributed by atoms with Crippen molar-refractivity contribution in [1.29, 1.82) is 0 Å². The standard InChI is InChI=1S/C10H12FN3O/c1-15-5-4-14-9-6-7(11)2-3-8(9)13-10(14)12/h2-3,6H,4-5H2,1H3,(H2,12,13). The summed E-state index contributed by atoms with van der Waals surface area (Å²) in [5, 5.41) is 0. The summed E-state index contributed by atoms with van der Waals surface area (Å²) in [6.45, 7) is 1.09. The molecule has 0 aliphatic rings. The molecule has 0 aliphatic carbocycles. The molecular weight excluding hydrogens is 197 g/mol. The van der Waals surface area contributed by atoms with Crippen molar-refractivity contribution in [1.82, 2.24) is 9.55 Å². The van der Waals surface area contributed by atoms with Crippen molar-refractivity contribution in [3.63, 3.8) is 0 Å². The molecule has 1 heterocycles. The second-order valence-corrected chi connectivity index (χ2v) is 3.25. The van der Waals surface area contributed by atoms with Crippen molar-refractivity contribution in [2.24, 2.45) is 0 Å². The summed E-state index contributed by atoms with van der Waals surface area (Å²) in [7, 11) is 1.61. The maximum absolute atomic E-state index is 13.0. The molecule has 0 fully saturated rings. The Kier molecular flexibility index (Phi) is 2.55. The largest absolute Gasteiger partial charge is 0.383 e. The van der Waals surface area contributed by atoms with Crippen LogP contribution in [0.4, 0.5) is 10.3 Å². The molecule has 0 spiro atoms. The minimum absolute atomic E-state index is 0.291. The molecule has 0 saturated heterocycles. The number of hydrogen-bond acceptors (Lipinski definition) is 3. The van der Waals surface area contributed by atoms with Crippen LogP contribution in [-0.4, -0.2) is 23.3 Å². The minimum Gasteiger partial charge on any atom is -0.383 e. The number of aromatic nitrogens is 2. The van der Waals surface area contributed by atoms with Crippen LogP contribution < -0.4 is 5.73 Å². The number of methoxy groups -OCH3 is 1. The average Bonchev–Trinajstić information content (AvgIpc) is 2.51. The van der Waals surface area contributed by atoms with Crippen LogP contribution in [0, 0.1) is 5.82 Å². The highest BCUT2D eigenvalue weighted by Crippen LogP contribution is 2.18. The van der Waals surface area contributed by atoms with E-state index in [0.717, 1.165) is 0 Å². The summed E-state index contributed by atoms with van der Waals surface area (Å²) in [6.07, 6.45) is 0. The van der Waals surface area contributed by atoms with Crippen LogP contribution in [0.5, 0.6) is 0 Å². The van der Waals surface area contributed by atoms with E-state index in [1.54, 1.807) is 17.7 Å². The van der Waals surface area contributed by atoms with E-state index in [1.165, 1.54) is 12.1 Å². The lowest BCUT2D eigenvalue weighted by molar-refractivity contribution is 0.189. The van der Waals surface area contributed by atoms with Crippen LogP contribution in [0.1, 0.15) is 0 Å². The molecule has 1 aromatic heterocycles. The Labute approximate surface area is 86.5 Å². The van der Waals surface area contributed by atoms with Crippen LogP contribution in [0.2, 0.25) is 0 Å². The smallest absolute Gasteiger partial charge is 0.201 e. The van der Waals surface area contributed by atoms with E-state index < -0.39 is 0 Å². The fraction of sp³-hybridized carbons (Fsp3) is 0.300. The Morgan fingerprint density at radius 1 is 1.53 bits per heavy atom. The number of nitrogens with two attached hydrogens (primary N) is 1. The second-order valence-electron chi connectivity index (χ2n) is 3.25. The van der Waals surface area contributed by atoms with Crippen molar-refractivity contribution in [3.05, 3.63) is 24.0 Å². The molecule has 2 aromatic rings. The fourth-order valence-corrected chi connectivity index (χ4v) is 1.53. The lowest BCUT2D eigenvalue weighted by atomic mass is 10.3. The maximum Gasteiger partial charge on any atom is 0.201 e. The van der Waals surface area contributed by atoms with E-state index in [2.05, 4.69) is 4.98 Å². The minimum atomic E-state index is -0.291. The Morgan fingerprint density at radius 3 is 3.07 bits per heavy atom. The van der Waals surface area contributed by atoms with Gasteiger partial charge in [-0.05, 0) is 18.2 Å². The first-order valence-electron chi connectivity index (χ1n) is 4.62. The highest BCUT2D eigenvalue weighted by atomic mass is 19.1. The Morgan fingerprint density at radius 2 is 2.33 bits per heavy atom. The summed E-state index contributed by atoms with van der Waals surface area (Å²) < 4.78 is 19.7. The molecule has 1 aromatic carbocycles. The van der Waals surface area contributed by atoms with Gasteiger partial charge < -0.3 is 15.0 Å². The molecule has 5 heteroatoms. The van der Waals surface area contributed by atoms with Crippen LogP contribution in [-0.2, 0) is 11.3 Å². The molecule has 0 saturated carbocycles. The Hall–Kier alpha value is -1.62. The fourth-order valence-electron chi connectivity index (χ4n) is 1.53. The number of fused-ring (bicyclic) bond motifs is 1. The van der Waals surface area contributed by atoms with Gasteiger partial charge in [0.25, 0.3) is 0 Å². The van der Waals surface area contributed by atoms with Gasteiger partial charge in [0.05, 0.1) is 17.6 Å². The number of benzene rings is 1. The number of ether oxygens (including phenoxy) is 1. The SMILES string of the molecule is COCCn1c(N)nc2ccc(F)cc21. The molecular formula is C10H12FN3O. The third-order valence-electron chi connectivity index (χ3n) is 2.26. The van der Waals surface area contributed by atoms with Gasteiger partial charge in [0, 0.05) is 13.7 Å². The highest BCUT2D eigenvalue weighted by Gasteiger charge is 2.08. The van der Waals surface area contributed by atoms with E-state index in [4.69, 9.17) is 10.5 Å². The molecule has 80 valence electrons. The van der Waals surface area contributed by atoms with Crippen LogP contribution in [0.15, 0.2) is 18.2 Å². The molecule has 2 rings (SSSR count). The van der Waals surface area contributed by atoms with Gasteiger partial charge in [0.2, 0.25) is 5.95 Å². The van der Waals surface area contributed by atoms with Gasteiger partial charge in [-0.15, -0.1) is 0 Å². The zero-order chi connectivity index (χ0) is 10.8. The Bertz CT molecular complexity index is 481. The van der Waals surface area contributed by atoms with Gasteiger partial charge >= 0.3 is 0 Å². The number of anilines is 1. The summed E-state index contributed by atoms with van der Waals surface area (Å²) >= 11 is 0. The second kappa shape index (κ2) is 3.86. The monoisotopic (exact) mass is 209 g/mol. The number of hydrogen-bond donors (Lipinski definition) is 1. The molecule has 15 heavy (non-hydrogen) atoms. The number of nitrogens with zero attached hydrogens (tertiary/aromatic N) is 2. The molecule has 4 nitrogen and oxygen atoms in total. The topological polar surface area (TPSA) is 53.1 Å². The van der Waals surface area contributed by atoms with Gasteiger partial charge in [0.1, 0.15) is 5.82 Å². The van der Waals surface area contributed by atoms with E-state index in [0.29, 0.717) is 30.1 Å². The molecule has 2 N–H and O–H groups in total. The molecule has 0 radical (unpaired) electrons. The van der Waals surface area contributed by atoms with Gasteiger partial charge in [-0.1, -0.05) is 0 Å². The van der Waals surface area contributed by atoms with Gasteiger partial charge in [0.15, 0.2) is 0 Å². The van der Waals surface area contributed by atoms with Crippen molar-refractivity contribution in [3.8, 4) is 0 Å². The molecule has 0 amide bonds. The van der Waals surface area contributed by atoms with Crippen LogP contribution >= 0.6 is 0 Å². The predicted octanol–water partition coefficient (Wildman–Crippen LogP) is 1.40. The molecule has 0 atom stereocenters. The predicted molar refractivity (Wildman–Crippen MR) is 56.0 cm³/mol. The normalized spacial score (nSPS) is 11.1. The van der Waals surface area contributed by atoms with Gasteiger partial charge in [-0.2, -0.15) is 0 Å². The molecule has 0 bridgehead atoms. The maximum atomic E-state index is 13.0. The summed E-state index contributed by atoms with van der Waals surface area (Å²) in [4.78, 5) is 4.13. The average molecular weight is 209 g/mol. The zero-order valence-electron chi connectivity index (χ0n) is 8.40. The van der Waals surface area contributed by atoms with E-state index in [1.807, 2.05) is 0 Å². The Balaban J connectivity index is 2.50. The van der Waals surface area contributed by atoms with Crippen LogP contribution in [0.3, 0.4) is 0 Å². The van der Waals surface area contributed by atoms with Crippen molar-refractivity contribution < 1.29 is 9.13 Å². The number of rotatable bonds is 3. The first-order chi connectivity index (χ1) is 7.22. The zero-order valence-corrected chi connectivity index (χ0v) is 8.40. The number of nitrogen functional groups attached to an aromatic ring is 1. The highest BCUT2D eigenvalue weighted by molar-refractivity contribution is 5.78. The lowest BCUT2D eigenvalue weighted by Crippen LogP contribution is -2.07. The molecule has 0 aliphatic heterocycles. The first kappa shape index (κ1) is 9.92. The quantitative estimate of drug-likeness (QED) is 0.831. The van der Waals surface area contributed by atoms with Gasteiger partial charge in [-0.3, -0.25) is 0 Å². The lowest BCUT2D eigenvalue weighted by Gasteiger charge is -2.04. The summed E-state index contributed by atoms with van der Waals surface area (Å²) in [5.41, 5.74) is 7.12. The summed E-state index contributed by atoms with van der Waals surface area (Å²) in [6, 6.07) is 4.41. The number of halogens is 1. The van der Waals surface area contributed by atoms with Gasteiger partial charge in [-0.25, -0.2) is 9.37 Å². The van der Waals surface area contributed by atoms with E-state index in [9.17, 15) is 4.39 Å². The van der Waals surface area contributed by atoms with E-state index >= 15 is 0 Å². The number of imidazole rings is 1. The summed E-state index contributed by atoms with van der Waals surface area (Å²) in [5.74, 6) is 0.0914. The van der Waals surface area contributed by atoms with Crippen molar-refractivity contribution in [2.75, 3.05) is 19.5 Å². The van der Waals surface area contributed by atoms with Crippen molar-refractivity contribution in [2.45, 2.75) is 6.54 Å². The van der Waals surface area contributed by atoms with Crippen LogP contribution in [0.25, 0.3) is 11.0 Å². The molecule has 0 unspecified atom stereocenters. The third kappa shape index (κ3) is 1.78. The first-order valence-corrected chi connectivity index (χ1v) is 4.62. The van der Waals surface area contributed by atoms with Crippen molar-refractivity contribution >= 4 is 17.0 Å².